The molecule has 0 bridgehead atoms. The summed E-state index contributed by atoms with van der Waals surface area (Å²) in [5.74, 6) is 1.52. The number of hydrogen-bond acceptors (Lipinski definition) is 5. The SMILES string of the molecule is Cc1ccc(C)c(OCc2nnc(SCc3ccc(C(F)(F)F)cc3)o2)c1. The van der Waals surface area contributed by atoms with Crippen LogP contribution < -0.4 is 4.74 Å². The number of benzene rings is 2. The zero-order valence-corrected chi connectivity index (χ0v) is 15.5. The van der Waals surface area contributed by atoms with Gasteiger partial charge in [-0.15, -0.1) is 10.2 Å². The van der Waals surface area contributed by atoms with Crippen LogP contribution in [0.25, 0.3) is 0 Å². The maximum Gasteiger partial charge on any atom is 0.416 e. The summed E-state index contributed by atoms with van der Waals surface area (Å²) in [4.78, 5) is 0. The van der Waals surface area contributed by atoms with Gasteiger partial charge < -0.3 is 9.15 Å². The molecule has 0 aliphatic heterocycles. The minimum Gasteiger partial charge on any atom is -0.484 e. The fourth-order valence-corrected chi connectivity index (χ4v) is 3.03. The molecule has 0 saturated carbocycles. The Bertz CT molecular complexity index is 908. The van der Waals surface area contributed by atoms with Crippen molar-refractivity contribution in [3.63, 3.8) is 0 Å². The van der Waals surface area contributed by atoms with Gasteiger partial charge in [-0.25, -0.2) is 0 Å². The first-order valence-electron chi connectivity index (χ1n) is 8.12. The topological polar surface area (TPSA) is 48.2 Å². The van der Waals surface area contributed by atoms with Crippen LogP contribution in [0.15, 0.2) is 52.1 Å². The summed E-state index contributed by atoms with van der Waals surface area (Å²) in [7, 11) is 0. The third-order valence-corrected chi connectivity index (χ3v) is 4.68. The molecule has 1 aromatic heterocycles. The molecule has 0 spiro atoms. The van der Waals surface area contributed by atoms with Gasteiger partial charge in [-0.05, 0) is 48.7 Å². The van der Waals surface area contributed by atoms with Crippen LogP contribution in [0.5, 0.6) is 5.75 Å². The van der Waals surface area contributed by atoms with Crippen LogP contribution in [0.4, 0.5) is 13.2 Å². The Hall–Kier alpha value is -2.48. The van der Waals surface area contributed by atoms with Crippen molar-refractivity contribution in [1.29, 1.82) is 0 Å². The number of rotatable bonds is 6. The van der Waals surface area contributed by atoms with Crippen molar-refractivity contribution in [2.45, 2.75) is 37.6 Å². The Morgan fingerprint density at radius 2 is 1.78 bits per heavy atom. The Morgan fingerprint density at radius 3 is 2.48 bits per heavy atom. The predicted molar refractivity (Wildman–Crippen MR) is 95.6 cm³/mol. The first-order valence-corrected chi connectivity index (χ1v) is 9.11. The highest BCUT2D eigenvalue weighted by Crippen LogP contribution is 2.30. The normalized spacial score (nSPS) is 11.6. The molecular formula is C19H17F3N2O2S. The third kappa shape index (κ3) is 5.26. The standard InChI is InChI=1S/C19H17F3N2O2S/c1-12-3-4-13(2)16(9-12)25-10-17-23-24-18(26-17)27-11-14-5-7-15(8-6-14)19(20,21)22/h3-9H,10-11H2,1-2H3. The Morgan fingerprint density at radius 1 is 1.04 bits per heavy atom. The highest BCUT2D eigenvalue weighted by Gasteiger charge is 2.29. The number of aryl methyl sites for hydroxylation is 2. The second-order valence-electron chi connectivity index (χ2n) is 6.00. The summed E-state index contributed by atoms with van der Waals surface area (Å²) < 4.78 is 48.9. The summed E-state index contributed by atoms with van der Waals surface area (Å²) in [5, 5.41) is 8.20. The third-order valence-electron chi connectivity index (χ3n) is 3.79. The van der Waals surface area contributed by atoms with E-state index in [-0.39, 0.29) is 6.61 Å². The van der Waals surface area contributed by atoms with E-state index in [0.717, 1.165) is 34.6 Å². The molecule has 0 amide bonds. The van der Waals surface area contributed by atoms with Gasteiger partial charge in [0.25, 0.3) is 11.1 Å². The van der Waals surface area contributed by atoms with Crippen LogP contribution >= 0.6 is 11.8 Å². The van der Waals surface area contributed by atoms with Crippen molar-refractivity contribution >= 4 is 11.8 Å². The molecule has 0 atom stereocenters. The number of alkyl halides is 3. The molecule has 0 fully saturated rings. The number of thioether (sulfide) groups is 1. The van der Waals surface area contributed by atoms with E-state index in [9.17, 15) is 13.2 Å². The maximum absolute atomic E-state index is 12.6. The lowest BCUT2D eigenvalue weighted by molar-refractivity contribution is -0.137. The van der Waals surface area contributed by atoms with E-state index in [2.05, 4.69) is 10.2 Å². The monoisotopic (exact) mass is 394 g/mol. The van der Waals surface area contributed by atoms with Gasteiger partial charge in [0.05, 0.1) is 5.56 Å². The van der Waals surface area contributed by atoms with Crippen LogP contribution in [-0.4, -0.2) is 10.2 Å². The fraction of sp³-hybridized carbons (Fsp3) is 0.263. The molecule has 3 aromatic rings. The van der Waals surface area contributed by atoms with E-state index >= 15 is 0 Å². The zero-order chi connectivity index (χ0) is 19.4. The number of aromatic nitrogens is 2. The van der Waals surface area contributed by atoms with Crippen molar-refractivity contribution in [1.82, 2.24) is 10.2 Å². The molecule has 27 heavy (non-hydrogen) atoms. The molecule has 0 saturated heterocycles. The predicted octanol–water partition coefficient (Wildman–Crippen LogP) is 5.58. The minimum atomic E-state index is -4.33. The summed E-state index contributed by atoms with van der Waals surface area (Å²) >= 11 is 1.26. The van der Waals surface area contributed by atoms with Gasteiger partial charge in [-0.1, -0.05) is 36.0 Å². The van der Waals surface area contributed by atoms with Gasteiger partial charge in [0.15, 0.2) is 6.61 Å². The highest BCUT2D eigenvalue weighted by atomic mass is 32.2. The lowest BCUT2D eigenvalue weighted by Crippen LogP contribution is -2.04. The molecule has 0 unspecified atom stereocenters. The van der Waals surface area contributed by atoms with Crippen LogP contribution in [0, 0.1) is 13.8 Å². The molecule has 1 heterocycles. The second kappa shape index (κ2) is 8.04. The van der Waals surface area contributed by atoms with Crippen LogP contribution in [0.2, 0.25) is 0 Å². The molecule has 8 heteroatoms. The molecule has 0 radical (unpaired) electrons. The van der Waals surface area contributed by atoms with Gasteiger partial charge in [0.1, 0.15) is 5.75 Å². The number of nitrogens with zero attached hydrogens (tertiary/aromatic N) is 2. The first-order chi connectivity index (χ1) is 12.8. The van der Waals surface area contributed by atoms with Gasteiger partial charge in [-0.2, -0.15) is 13.2 Å². The van der Waals surface area contributed by atoms with E-state index in [4.69, 9.17) is 9.15 Å². The van der Waals surface area contributed by atoms with Crippen LogP contribution in [0.3, 0.4) is 0 Å². The smallest absolute Gasteiger partial charge is 0.416 e. The summed E-state index contributed by atoms with van der Waals surface area (Å²) in [6.07, 6.45) is -4.33. The Balaban J connectivity index is 1.54. The molecular weight excluding hydrogens is 377 g/mol. The lowest BCUT2D eigenvalue weighted by atomic mass is 10.1. The highest BCUT2D eigenvalue weighted by molar-refractivity contribution is 7.98. The van der Waals surface area contributed by atoms with Crippen molar-refractivity contribution in [2.24, 2.45) is 0 Å². The van der Waals surface area contributed by atoms with E-state index in [1.165, 1.54) is 23.9 Å². The van der Waals surface area contributed by atoms with Crippen molar-refractivity contribution in [2.75, 3.05) is 0 Å². The average molecular weight is 394 g/mol. The summed E-state index contributed by atoms with van der Waals surface area (Å²) in [5.41, 5.74) is 2.17. The first kappa shape index (κ1) is 19.3. The van der Waals surface area contributed by atoms with E-state index in [1.807, 2.05) is 32.0 Å². The minimum absolute atomic E-state index is 0.151. The molecule has 3 rings (SSSR count). The lowest BCUT2D eigenvalue weighted by Gasteiger charge is -2.07. The maximum atomic E-state index is 12.6. The number of hydrogen-bond donors (Lipinski definition) is 0. The van der Waals surface area contributed by atoms with Crippen LogP contribution in [0.1, 0.15) is 28.1 Å². The molecule has 142 valence electrons. The Labute approximate surface area is 158 Å². The van der Waals surface area contributed by atoms with Crippen molar-refractivity contribution in [3.05, 3.63) is 70.6 Å². The summed E-state index contributed by atoms with van der Waals surface area (Å²) in [6, 6.07) is 10.9. The zero-order valence-electron chi connectivity index (χ0n) is 14.7. The summed E-state index contributed by atoms with van der Waals surface area (Å²) in [6.45, 7) is 4.08. The average Bonchev–Trinajstić information content (AvgIpc) is 3.08. The van der Waals surface area contributed by atoms with E-state index in [1.54, 1.807) is 0 Å². The number of halogens is 3. The Kier molecular flexibility index (Phi) is 5.74. The van der Waals surface area contributed by atoms with Gasteiger partial charge in [0, 0.05) is 5.75 Å². The second-order valence-corrected chi connectivity index (χ2v) is 6.93. The molecule has 4 nitrogen and oxygen atoms in total. The van der Waals surface area contributed by atoms with Gasteiger partial charge in [0.2, 0.25) is 0 Å². The van der Waals surface area contributed by atoms with Crippen molar-refractivity contribution < 1.29 is 22.3 Å². The molecule has 0 N–H and O–H groups in total. The van der Waals surface area contributed by atoms with Crippen molar-refractivity contribution in [3.8, 4) is 5.75 Å². The largest absolute Gasteiger partial charge is 0.484 e. The molecule has 0 aliphatic carbocycles. The number of ether oxygens (including phenoxy) is 1. The van der Waals surface area contributed by atoms with Gasteiger partial charge in [-0.3, -0.25) is 0 Å². The fourth-order valence-electron chi connectivity index (χ4n) is 2.29. The molecule has 0 aliphatic rings. The molecule has 2 aromatic carbocycles. The van der Waals surface area contributed by atoms with E-state index < -0.39 is 11.7 Å². The van der Waals surface area contributed by atoms with E-state index in [0.29, 0.717) is 16.9 Å². The van der Waals surface area contributed by atoms with Gasteiger partial charge >= 0.3 is 6.18 Å². The van der Waals surface area contributed by atoms with Crippen LogP contribution in [-0.2, 0) is 18.5 Å². The quantitative estimate of drug-likeness (QED) is 0.511.